The van der Waals surface area contributed by atoms with Crippen molar-refractivity contribution in [3.63, 3.8) is 0 Å². The molecule has 0 radical (unpaired) electrons. The van der Waals surface area contributed by atoms with Crippen molar-refractivity contribution in [1.29, 1.82) is 0 Å². The lowest BCUT2D eigenvalue weighted by molar-refractivity contribution is 0.529. The molecule has 0 amide bonds. The van der Waals surface area contributed by atoms with Gasteiger partial charge in [0.05, 0.1) is 0 Å². The van der Waals surface area contributed by atoms with Crippen molar-refractivity contribution in [2.45, 2.75) is 46.1 Å². The van der Waals surface area contributed by atoms with E-state index in [9.17, 15) is 0 Å². The molecule has 0 aliphatic heterocycles. The maximum atomic E-state index is 4.55. The van der Waals surface area contributed by atoms with E-state index in [1.807, 2.05) is 0 Å². The number of hydrogen-bond acceptors (Lipinski definition) is 1. The molecule has 0 heterocycles. The molecule has 10 heavy (non-hydrogen) atoms. The summed E-state index contributed by atoms with van der Waals surface area (Å²) >= 11 is 0. The standard InChI is InChI=1S/C9H17N/c1-4-8-5-6-9(8)10-7(2)3/h7-8H,4-6H2,1-3H3. The summed E-state index contributed by atoms with van der Waals surface area (Å²) in [5.74, 6) is 0.836. The molecule has 1 atom stereocenters. The van der Waals surface area contributed by atoms with Crippen LogP contribution >= 0.6 is 0 Å². The molecule has 1 nitrogen and oxygen atoms in total. The van der Waals surface area contributed by atoms with Crippen LogP contribution in [0.3, 0.4) is 0 Å². The summed E-state index contributed by atoms with van der Waals surface area (Å²) in [5, 5.41) is 0. The van der Waals surface area contributed by atoms with Gasteiger partial charge in [0.25, 0.3) is 0 Å². The predicted octanol–water partition coefficient (Wildman–Crippen LogP) is 2.66. The van der Waals surface area contributed by atoms with Crippen LogP contribution in [0.4, 0.5) is 0 Å². The quantitative estimate of drug-likeness (QED) is 0.557. The Balaban J connectivity index is 2.41. The minimum Gasteiger partial charge on any atom is -0.291 e. The Morgan fingerprint density at radius 1 is 1.60 bits per heavy atom. The van der Waals surface area contributed by atoms with Crippen molar-refractivity contribution >= 4 is 5.71 Å². The molecule has 0 bridgehead atoms. The minimum atomic E-state index is 0.504. The first-order valence-corrected chi connectivity index (χ1v) is 4.30. The maximum Gasteiger partial charge on any atom is 0.0442 e. The van der Waals surface area contributed by atoms with Crippen LogP contribution in [0, 0.1) is 5.92 Å². The highest BCUT2D eigenvalue weighted by atomic mass is 14.8. The van der Waals surface area contributed by atoms with Gasteiger partial charge in [0.2, 0.25) is 0 Å². The Kier molecular flexibility index (Phi) is 2.47. The predicted molar refractivity (Wildman–Crippen MR) is 45.6 cm³/mol. The third-order valence-electron chi connectivity index (χ3n) is 2.14. The zero-order chi connectivity index (χ0) is 7.56. The lowest BCUT2D eigenvalue weighted by Crippen LogP contribution is -2.26. The second-order valence-corrected chi connectivity index (χ2v) is 3.36. The van der Waals surface area contributed by atoms with Gasteiger partial charge in [0, 0.05) is 11.8 Å². The van der Waals surface area contributed by atoms with Gasteiger partial charge in [-0.25, -0.2) is 0 Å². The molecule has 0 saturated heterocycles. The molecule has 1 aliphatic rings. The summed E-state index contributed by atoms with van der Waals surface area (Å²) in [7, 11) is 0. The van der Waals surface area contributed by atoms with Crippen molar-refractivity contribution in [1.82, 2.24) is 0 Å². The van der Waals surface area contributed by atoms with E-state index >= 15 is 0 Å². The van der Waals surface area contributed by atoms with Gasteiger partial charge in [-0.1, -0.05) is 6.92 Å². The summed E-state index contributed by atoms with van der Waals surface area (Å²) in [6.07, 6.45) is 3.92. The van der Waals surface area contributed by atoms with Crippen LogP contribution in [0.5, 0.6) is 0 Å². The van der Waals surface area contributed by atoms with E-state index in [2.05, 4.69) is 25.8 Å². The van der Waals surface area contributed by atoms with Crippen LogP contribution in [0.15, 0.2) is 4.99 Å². The molecule has 58 valence electrons. The topological polar surface area (TPSA) is 12.4 Å². The fourth-order valence-electron chi connectivity index (χ4n) is 1.42. The zero-order valence-corrected chi connectivity index (χ0v) is 7.22. The van der Waals surface area contributed by atoms with Crippen LogP contribution in [0.1, 0.15) is 40.0 Å². The summed E-state index contributed by atoms with van der Waals surface area (Å²) in [6, 6.07) is 0.504. The highest BCUT2D eigenvalue weighted by Gasteiger charge is 2.23. The van der Waals surface area contributed by atoms with E-state index in [0.29, 0.717) is 6.04 Å². The van der Waals surface area contributed by atoms with Crippen molar-refractivity contribution in [2.75, 3.05) is 0 Å². The van der Waals surface area contributed by atoms with Crippen LogP contribution in [-0.4, -0.2) is 11.8 Å². The third-order valence-corrected chi connectivity index (χ3v) is 2.14. The molecule has 1 rings (SSSR count). The van der Waals surface area contributed by atoms with Crippen molar-refractivity contribution in [3.05, 3.63) is 0 Å². The zero-order valence-electron chi connectivity index (χ0n) is 7.22. The van der Waals surface area contributed by atoms with Gasteiger partial charge in [-0.2, -0.15) is 0 Å². The lowest BCUT2D eigenvalue weighted by Gasteiger charge is -2.27. The van der Waals surface area contributed by atoms with Gasteiger partial charge in [-0.15, -0.1) is 0 Å². The highest BCUT2D eigenvalue weighted by molar-refractivity contribution is 5.91. The molecule has 0 aromatic carbocycles. The fraction of sp³-hybridized carbons (Fsp3) is 0.889. The summed E-state index contributed by atoms with van der Waals surface area (Å²) < 4.78 is 0. The van der Waals surface area contributed by atoms with E-state index in [1.54, 1.807) is 0 Å². The smallest absolute Gasteiger partial charge is 0.0442 e. The van der Waals surface area contributed by atoms with Crippen LogP contribution in [0.2, 0.25) is 0 Å². The largest absolute Gasteiger partial charge is 0.291 e. The summed E-state index contributed by atoms with van der Waals surface area (Å²) in [4.78, 5) is 4.55. The first-order chi connectivity index (χ1) is 4.74. The molecule has 0 aromatic heterocycles. The number of nitrogens with zero attached hydrogens (tertiary/aromatic N) is 1. The molecule has 1 saturated carbocycles. The Bertz CT molecular complexity index is 134. The second kappa shape index (κ2) is 3.18. The first kappa shape index (κ1) is 7.77. The van der Waals surface area contributed by atoms with E-state index in [1.165, 1.54) is 25.0 Å². The van der Waals surface area contributed by atoms with Crippen LogP contribution in [-0.2, 0) is 0 Å². The van der Waals surface area contributed by atoms with Gasteiger partial charge in [0.15, 0.2) is 0 Å². The van der Waals surface area contributed by atoms with Gasteiger partial charge in [-0.05, 0) is 39.0 Å². The lowest BCUT2D eigenvalue weighted by atomic mass is 9.81. The molecule has 0 spiro atoms. The third kappa shape index (κ3) is 1.59. The van der Waals surface area contributed by atoms with E-state index in [4.69, 9.17) is 0 Å². The van der Waals surface area contributed by atoms with Gasteiger partial charge >= 0.3 is 0 Å². The van der Waals surface area contributed by atoms with Crippen molar-refractivity contribution < 1.29 is 0 Å². The first-order valence-electron chi connectivity index (χ1n) is 4.30. The molecular formula is C9H17N. The monoisotopic (exact) mass is 139 g/mol. The Morgan fingerprint density at radius 2 is 2.30 bits per heavy atom. The minimum absolute atomic E-state index is 0.504. The average Bonchev–Trinajstić information content (AvgIpc) is 1.82. The van der Waals surface area contributed by atoms with Crippen LogP contribution < -0.4 is 0 Å². The maximum absolute atomic E-state index is 4.55. The SMILES string of the molecule is CCC1CCC1=NC(C)C. The van der Waals surface area contributed by atoms with Crippen molar-refractivity contribution in [3.8, 4) is 0 Å². The second-order valence-electron chi connectivity index (χ2n) is 3.36. The van der Waals surface area contributed by atoms with E-state index in [0.717, 1.165) is 5.92 Å². The molecule has 0 aromatic rings. The van der Waals surface area contributed by atoms with E-state index in [-0.39, 0.29) is 0 Å². The van der Waals surface area contributed by atoms with Crippen molar-refractivity contribution in [2.24, 2.45) is 10.9 Å². The molecular weight excluding hydrogens is 122 g/mol. The Hall–Kier alpha value is -0.330. The normalized spacial score (nSPS) is 29.2. The van der Waals surface area contributed by atoms with Crippen LogP contribution in [0.25, 0.3) is 0 Å². The average molecular weight is 139 g/mol. The Labute approximate surface area is 63.5 Å². The number of rotatable bonds is 2. The van der Waals surface area contributed by atoms with Gasteiger partial charge in [0.1, 0.15) is 0 Å². The molecule has 1 fully saturated rings. The summed E-state index contributed by atoms with van der Waals surface area (Å²) in [6.45, 7) is 6.55. The van der Waals surface area contributed by atoms with E-state index < -0.39 is 0 Å². The van der Waals surface area contributed by atoms with Gasteiger partial charge in [-0.3, -0.25) is 4.99 Å². The Morgan fingerprint density at radius 3 is 2.60 bits per heavy atom. The molecule has 0 N–H and O–H groups in total. The number of hydrogen-bond donors (Lipinski definition) is 0. The fourth-order valence-corrected chi connectivity index (χ4v) is 1.42. The molecule has 1 unspecified atom stereocenters. The van der Waals surface area contributed by atoms with Gasteiger partial charge < -0.3 is 0 Å². The summed E-state index contributed by atoms with van der Waals surface area (Å²) in [5.41, 5.74) is 1.47. The molecule has 1 aliphatic carbocycles. The molecule has 1 heteroatoms. The number of aliphatic imine (C=N–C) groups is 1. The highest BCUT2D eigenvalue weighted by Crippen LogP contribution is 2.27.